The van der Waals surface area contributed by atoms with Gasteiger partial charge in [0.25, 0.3) is 11.5 Å². The van der Waals surface area contributed by atoms with Crippen LogP contribution in [0.15, 0.2) is 16.9 Å². The summed E-state index contributed by atoms with van der Waals surface area (Å²) in [6.45, 7) is 2.72. The number of aromatic nitrogens is 2. The number of amides is 1. The maximum absolute atomic E-state index is 12.6. The third-order valence-electron chi connectivity index (χ3n) is 3.89. The van der Waals surface area contributed by atoms with Gasteiger partial charge in [0.2, 0.25) is 0 Å². The lowest BCUT2D eigenvalue weighted by Crippen LogP contribution is -2.41. The number of aliphatic hydroxyl groups excluding tert-OH is 1. The number of hydrogen-bond acceptors (Lipinski definition) is 4. The van der Waals surface area contributed by atoms with Gasteiger partial charge >= 0.3 is 0 Å². The van der Waals surface area contributed by atoms with Gasteiger partial charge in [0.15, 0.2) is 0 Å². The maximum atomic E-state index is 12.6. The zero-order valence-electron chi connectivity index (χ0n) is 12.5. The first kappa shape index (κ1) is 15.7. The standard InChI is InChI=1S/C15H23N3O3/c1-2-9-18-14(20)8-7-13(16-18)15(21)17(10-11-19)12-5-3-4-6-12/h7-8,12,19H,2-6,9-11H2,1H3. The van der Waals surface area contributed by atoms with Crippen LogP contribution in [0, 0.1) is 0 Å². The van der Waals surface area contributed by atoms with Gasteiger partial charge in [-0.05, 0) is 25.3 Å². The van der Waals surface area contributed by atoms with E-state index in [9.17, 15) is 14.7 Å². The summed E-state index contributed by atoms with van der Waals surface area (Å²) in [4.78, 5) is 26.0. The van der Waals surface area contributed by atoms with Gasteiger partial charge < -0.3 is 10.0 Å². The third kappa shape index (κ3) is 3.69. The number of rotatable bonds is 6. The minimum absolute atomic E-state index is 0.0587. The summed E-state index contributed by atoms with van der Waals surface area (Å²) in [6.07, 6.45) is 4.96. The fraction of sp³-hybridized carbons (Fsp3) is 0.667. The summed E-state index contributed by atoms with van der Waals surface area (Å²) in [5.41, 5.74) is 0.0892. The number of nitrogens with zero attached hydrogens (tertiary/aromatic N) is 3. The lowest BCUT2D eigenvalue weighted by Gasteiger charge is -2.28. The van der Waals surface area contributed by atoms with Gasteiger partial charge in [-0.1, -0.05) is 19.8 Å². The van der Waals surface area contributed by atoms with Gasteiger partial charge in [0.05, 0.1) is 6.61 Å². The van der Waals surface area contributed by atoms with E-state index < -0.39 is 0 Å². The van der Waals surface area contributed by atoms with Crippen molar-refractivity contribution in [3.63, 3.8) is 0 Å². The number of carbonyl (C=O) groups is 1. The van der Waals surface area contributed by atoms with E-state index in [2.05, 4.69) is 5.10 Å². The molecule has 0 radical (unpaired) electrons. The average molecular weight is 293 g/mol. The third-order valence-corrected chi connectivity index (χ3v) is 3.89. The Labute approximate surface area is 124 Å². The molecule has 0 unspecified atom stereocenters. The van der Waals surface area contributed by atoms with Crippen LogP contribution in [-0.2, 0) is 6.54 Å². The molecule has 0 saturated heterocycles. The molecule has 1 aromatic heterocycles. The molecule has 2 rings (SSSR count). The molecule has 6 heteroatoms. The van der Waals surface area contributed by atoms with E-state index >= 15 is 0 Å². The van der Waals surface area contributed by atoms with E-state index in [1.165, 1.54) is 16.8 Å². The second-order valence-corrected chi connectivity index (χ2v) is 5.44. The van der Waals surface area contributed by atoms with Crippen LogP contribution in [-0.4, -0.2) is 44.9 Å². The molecule has 0 bridgehead atoms. The Morgan fingerprint density at radius 2 is 2.14 bits per heavy atom. The summed E-state index contributed by atoms with van der Waals surface area (Å²) in [5.74, 6) is -0.194. The molecule has 1 fully saturated rings. The minimum Gasteiger partial charge on any atom is -0.395 e. The van der Waals surface area contributed by atoms with E-state index in [-0.39, 0.29) is 29.8 Å². The second kappa shape index (κ2) is 7.36. The topological polar surface area (TPSA) is 75.4 Å². The molecule has 0 aromatic carbocycles. The van der Waals surface area contributed by atoms with Crippen LogP contribution in [0.4, 0.5) is 0 Å². The monoisotopic (exact) mass is 293 g/mol. The van der Waals surface area contributed by atoms with E-state index in [4.69, 9.17) is 0 Å². The Morgan fingerprint density at radius 3 is 2.76 bits per heavy atom. The van der Waals surface area contributed by atoms with Crippen molar-refractivity contribution < 1.29 is 9.90 Å². The first-order valence-corrected chi connectivity index (χ1v) is 7.67. The molecule has 21 heavy (non-hydrogen) atoms. The summed E-state index contributed by atoms with van der Waals surface area (Å²) in [6, 6.07) is 3.05. The highest BCUT2D eigenvalue weighted by molar-refractivity contribution is 5.92. The van der Waals surface area contributed by atoms with E-state index in [0.717, 1.165) is 32.1 Å². The van der Waals surface area contributed by atoms with Crippen LogP contribution >= 0.6 is 0 Å². The van der Waals surface area contributed by atoms with Crippen molar-refractivity contribution >= 4 is 5.91 Å². The van der Waals surface area contributed by atoms with E-state index in [1.807, 2.05) is 6.92 Å². The van der Waals surface area contributed by atoms with Gasteiger partial charge in [0, 0.05) is 25.2 Å². The van der Waals surface area contributed by atoms with Crippen LogP contribution in [0.25, 0.3) is 0 Å². The Bertz CT molecular complexity index is 535. The maximum Gasteiger partial charge on any atom is 0.274 e. The van der Waals surface area contributed by atoms with E-state index in [1.54, 1.807) is 4.90 Å². The Balaban J connectivity index is 2.23. The number of aryl methyl sites for hydroxylation is 1. The van der Waals surface area contributed by atoms with Crippen LogP contribution in [0.5, 0.6) is 0 Å². The van der Waals surface area contributed by atoms with Gasteiger partial charge in [-0.3, -0.25) is 9.59 Å². The summed E-state index contributed by atoms with van der Waals surface area (Å²) >= 11 is 0. The van der Waals surface area contributed by atoms with Crippen molar-refractivity contribution in [3.05, 3.63) is 28.2 Å². The molecule has 1 heterocycles. The molecule has 0 aliphatic heterocycles. The molecule has 6 nitrogen and oxygen atoms in total. The largest absolute Gasteiger partial charge is 0.395 e. The Morgan fingerprint density at radius 1 is 1.43 bits per heavy atom. The average Bonchev–Trinajstić information content (AvgIpc) is 3.00. The molecule has 1 amide bonds. The first-order valence-electron chi connectivity index (χ1n) is 7.67. The summed E-state index contributed by atoms with van der Waals surface area (Å²) < 4.78 is 1.33. The highest BCUT2D eigenvalue weighted by atomic mass is 16.3. The molecule has 1 aliphatic carbocycles. The molecule has 0 spiro atoms. The molecule has 1 aromatic rings. The van der Waals surface area contributed by atoms with Crippen LogP contribution in [0.3, 0.4) is 0 Å². The van der Waals surface area contributed by atoms with Gasteiger partial charge in [0.1, 0.15) is 5.69 Å². The van der Waals surface area contributed by atoms with Gasteiger partial charge in [-0.25, -0.2) is 4.68 Å². The second-order valence-electron chi connectivity index (χ2n) is 5.44. The molecule has 0 atom stereocenters. The Kier molecular flexibility index (Phi) is 5.50. The molecule has 1 aliphatic rings. The molecule has 1 saturated carbocycles. The number of carbonyl (C=O) groups excluding carboxylic acids is 1. The highest BCUT2D eigenvalue weighted by Crippen LogP contribution is 2.24. The zero-order chi connectivity index (χ0) is 15.2. The number of hydrogen-bond donors (Lipinski definition) is 1. The molecular weight excluding hydrogens is 270 g/mol. The lowest BCUT2D eigenvalue weighted by atomic mass is 10.2. The zero-order valence-corrected chi connectivity index (χ0v) is 12.5. The fourth-order valence-corrected chi connectivity index (χ4v) is 2.86. The van der Waals surface area contributed by atoms with Gasteiger partial charge in [-0.2, -0.15) is 5.10 Å². The molecule has 1 N–H and O–H groups in total. The van der Waals surface area contributed by atoms with Gasteiger partial charge in [-0.15, -0.1) is 0 Å². The van der Waals surface area contributed by atoms with Crippen molar-refractivity contribution in [3.8, 4) is 0 Å². The number of aliphatic hydroxyl groups is 1. The highest BCUT2D eigenvalue weighted by Gasteiger charge is 2.28. The van der Waals surface area contributed by atoms with Crippen LogP contribution < -0.4 is 5.56 Å². The summed E-state index contributed by atoms with van der Waals surface area (Å²) in [7, 11) is 0. The smallest absolute Gasteiger partial charge is 0.274 e. The quantitative estimate of drug-likeness (QED) is 0.850. The predicted octanol–water partition coefficient (Wildman–Crippen LogP) is 1.03. The van der Waals surface area contributed by atoms with Crippen molar-refractivity contribution in [1.82, 2.24) is 14.7 Å². The Hall–Kier alpha value is -1.69. The van der Waals surface area contributed by atoms with E-state index in [0.29, 0.717) is 13.1 Å². The lowest BCUT2D eigenvalue weighted by molar-refractivity contribution is 0.0629. The van der Waals surface area contributed by atoms with Crippen molar-refractivity contribution in [1.29, 1.82) is 0 Å². The SMILES string of the molecule is CCCn1nc(C(=O)N(CCO)C2CCCC2)ccc1=O. The fourth-order valence-electron chi connectivity index (χ4n) is 2.86. The normalized spacial score (nSPS) is 15.3. The molecular formula is C15H23N3O3. The first-order chi connectivity index (χ1) is 10.2. The van der Waals surface area contributed by atoms with Crippen molar-refractivity contribution in [2.75, 3.05) is 13.2 Å². The minimum atomic E-state index is -0.194. The molecule has 116 valence electrons. The predicted molar refractivity (Wildman–Crippen MR) is 79.2 cm³/mol. The van der Waals surface area contributed by atoms with Crippen LogP contribution in [0.2, 0.25) is 0 Å². The summed E-state index contributed by atoms with van der Waals surface area (Å²) in [5, 5.41) is 13.4. The van der Waals surface area contributed by atoms with Crippen molar-refractivity contribution in [2.45, 2.75) is 51.6 Å². The van der Waals surface area contributed by atoms with Crippen LogP contribution in [0.1, 0.15) is 49.5 Å². The van der Waals surface area contributed by atoms with Crippen molar-refractivity contribution in [2.24, 2.45) is 0 Å².